The Morgan fingerprint density at radius 3 is 2.14 bits per heavy atom. The number of rotatable bonds is 25. The van der Waals surface area contributed by atoms with Crippen LogP contribution in [0.2, 0.25) is 0 Å². The van der Waals surface area contributed by atoms with Gasteiger partial charge in [0.1, 0.15) is 23.7 Å². The van der Waals surface area contributed by atoms with Crippen LogP contribution in [0, 0.1) is 23.7 Å². The second-order valence-corrected chi connectivity index (χ2v) is 19.9. The molecule has 3 rings (SSSR count). The maximum Gasteiger partial charge on any atom is 0.410 e. The van der Waals surface area contributed by atoms with E-state index in [-0.39, 0.29) is 54.5 Å². The van der Waals surface area contributed by atoms with Crippen molar-refractivity contribution < 1.29 is 43.3 Å². The fourth-order valence-electron chi connectivity index (χ4n) is 8.45. The number of likely N-dealkylation sites (N-methyl/N-ethyl adjacent to an activating group) is 2. The van der Waals surface area contributed by atoms with Crippen molar-refractivity contribution in [2.75, 3.05) is 47.2 Å². The monoisotopic (exact) mass is 930 g/mol. The van der Waals surface area contributed by atoms with E-state index in [1.165, 1.54) is 47.8 Å². The summed E-state index contributed by atoms with van der Waals surface area (Å²) in [7, 11) is 9.26. The number of aliphatic hydroxyl groups excluding tert-OH is 1. The van der Waals surface area contributed by atoms with Gasteiger partial charge in [0.2, 0.25) is 23.6 Å². The van der Waals surface area contributed by atoms with Gasteiger partial charge in [-0.3, -0.25) is 24.1 Å². The van der Waals surface area contributed by atoms with Gasteiger partial charge in [-0.25, -0.2) is 9.78 Å². The van der Waals surface area contributed by atoms with E-state index in [1.54, 1.807) is 36.9 Å². The second kappa shape index (κ2) is 26.9. The first-order valence-electron chi connectivity index (χ1n) is 22.4. The van der Waals surface area contributed by atoms with Crippen molar-refractivity contribution in [2.24, 2.45) is 23.7 Å². The first kappa shape index (κ1) is 54.4. The molecule has 0 saturated carbocycles. The van der Waals surface area contributed by atoms with Gasteiger partial charge in [-0.2, -0.15) is 0 Å². The van der Waals surface area contributed by atoms with Crippen LogP contribution in [0.1, 0.15) is 92.7 Å². The summed E-state index contributed by atoms with van der Waals surface area (Å²) in [6.45, 7) is 15.5. The van der Waals surface area contributed by atoms with Crippen LogP contribution < -0.4 is 10.6 Å². The predicted molar refractivity (Wildman–Crippen MR) is 252 cm³/mol. The molecule has 10 atom stereocenters. The van der Waals surface area contributed by atoms with E-state index in [1.807, 2.05) is 90.1 Å². The molecule has 1 saturated heterocycles. The largest absolute Gasteiger partial charge is 0.448 e. The molecule has 358 valence electrons. The standard InChI is InChI=1S/C47H74N6O9S2/c1-13-31(6)41(36(60-11)28-38(54)53-25-19-22-35(53)43(61-12)32(7)44(56)49-33(8)42(55)34-20-15-14-16-21-34)51(9)46(58)39(29(2)3)50-45(57)40(30(4)5)52(10)47(59)62-26-27-63-64-37-23-17-18-24-48-37/h14-18,20-21,23-24,29-33,35-36,39-43,55H,13,19,22,25-28H2,1-12H3,(H,49,56)(H,50,57)/t31-,32+,33+,35-,36+,39-,40-,41-,42+,43+/m0/s1. The van der Waals surface area contributed by atoms with Crippen LogP contribution in [0.15, 0.2) is 59.8 Å². The summed E-state index contributed by atoms with van der Waals surface area (Å²) in [6, 6.07) is 11.4. The van der Waals surface area contributed by atoms with Crippen LogP contribution in [0.3, 0.4) is 0 Å². The van der Waals surface area contributed by atoms with E-state index in [4.69, 9.17) is 14.2 Å². The fraction of sp³-hybridized carbons (Fsp3) is 0.660. The molecule has 0 radical (unpaired) electrons. The van der Waals surface area contributed by atoms with Gasteiger partial charge in [0.25, 0.3) is 0 Å². The zero-order valence-electron chi connectivity index (χ0n) is 39.9. The number of hydrogen-bond donors (Lipinski definition) is 3. The lowest BCUT2D eigenvalue weighted by atomic mass is 9.89. The van der Waals surface area contributed by atoms with Crippen molar-refractivity contribution in [3.05, 3.63) is 60.3 Å². The molecule has 0 aliphatic carbocycles. The summed E-state index contributed by atoms with van der Waals surface area (Å²) in [5.41, 5.74) is 0.694. The number of nitrogens with one attached hydrogen (secondary N) is 2. The van der Waals surface area contributed by atoms with Gasteiger partial charge < -0.3 is 39.8 Å². The molecule has 1 aromatic carbocycles. The number of methoxy groups -OCH3 is 2. The third-order valence-electron chi connectivity index (χ3n) is 12.3. The van der Waals surface area contributed by atoms with Crippen LogP contribution >= 0.6 is 21.6 Å². The molecule has 0 bridgehead atoms. The smallest absolute Gasteiger partial charge is 0.410 e. The maximum absolute atomic E-state index is 14.5. The van der Waals surface area contributed by atoms with Gasteiger partial charge in [0.05, 0.1) is 48.8 Å². The van der Waals surface area contributed by atoms with E-state index in [2.05, 4.69) is 15.6 Å². The van der Waals surface area contributed by atoms with Crippen molar-refractivity contribution in [3.63, 3.8) is 0 Å². The number of aromatic nitrogens is 1. The highest BCUT2D eigenvalue weighted by Crippen LogP contribution is 2.31. The molecule has 17 heteroatoms. The highest BCUT2D eigenvalue weighted by atomic mass is 33.1. The molecule has 3 N–H and O–H groups in total. The molecular formula is C47H74N6O9S2. The maximum atomic E-state index is 14.5. The highest BCUT2D eigenvalue weighted by Gasteiger charge is 2.43. The number of benzene rings is 1. The minimum Gasteiger partial charge on any atom is -0.448 e. The molecule has 5 amide bonds. The third kappa shape index (κ3) is 15.1. The molecule has 0 unspecified atom stereocenters. The number of hydrogen-bond acceptors (Lipinski definition) is 12. The molecule has 1 aliphatic rings. The van der Waals surface area contributed by atoms with Crippen molar-refractivity contribution >= 4 is 51.3 Å². The lowest BCUT2D eigenvalue weighted by Gasteiger charge is -2.41. The van der Waals surface area contributed by atoms with Crippen molar-refractivity contribution in [2.45, 2.75) is 135 Å². The summed E-state index contributed by atoms with van der Waals surface area (Å²) in [6.07, 6.45) is 0.869. The average molecular weight is 931 g/mol. The summed E-state index contributed by atoms with van der Waals surface area (Å²) in [4.78, 5) is 78.5. The molecule has 1 aliphatic heterocycles. The minimum absolute atomic E-state index is 0.0295. The Morgan fingerprint density at radius 2 is 1.56 bits per heavy atom. The fourth-order valence-corrected chi connectivity index (χ4v) is 10.2. The van der Waals surface area contributed by atoms with E-state index < -0.39 is 60.4 Å². The van der Waals surface area contributed by atoms with Gasteiger partial charge in [-0.15, -0.1) is 0 Å². The first-order chi connectivity index (χ1) is 30.4. The Hall–Kier alpha value is -3.90. The molecule has 15 nitrogen and oxygen atoms in total. The number of carbonyl (C=O) groups excluding carboxylic acids is 5. The second-order valence-electron chi connectivity index (χ2n) is 17.5. The van der Waals surface area contributed by atoms with Crippen LogP contribution in [0.5, 0.6) is 0 Å². The molecule has 0 spiro atoms. The van der Waals surface area contributed by atoms with Gasteiger partial charge in [-0.1, -0.05) is 102 Å². The summed E-state index contributed by atoms with van der Waals surface area (Å²) >= 11 is 0. The van der Waals surface area contributed by atoms with E-state index >= 15 is 0 Å². The quantitative estimate of drug-likeness (QED) is 0.0758. The Morgan fingerprint density at radius 1 is 0.891 bits per heavy atom. The van der Waals surface area contributed by atoms with Crippen molar-refractivity contribution in [3.8, 4) is 0 Å². The molecule has 2 heterocycles. The normalized spacial score (nSPS) is 18.2. The van der Waals surface area contributed by atoms with Gasteiger partial charge >= 0.3 is 6.09 Å². The first-order valence-corrected chi connectivity index (χ1v) is 24.8. The molecular weight excluding hydrogens is 857 g/mol. The summed E-state index contributed by atoms with van der Waals surface area (Å²) < 4.78 is 17.5. The minimum atomic E-state index is -0.947. The van der Waals surface area contributed by atoms with Crippen molar-refractivity contribution in [1.29, 1.82) is 0 Å². The lowest BCUT2D eigenvalue weighted by molar-refractivity contribution is -0.148. The number of amides is 5. The van der Waals surface area contributed by atoms with Gasteiger partial charge in [0.15, 0.2) is 0 Å². The topological polar surface area (TPSA) is 180 Å². The number of carbonyl (C=O) groups is 5. The van der Waals surface area contributed by atoms with Crippen LogP contribution in [-0.4, -0.2) is 144 Å². The molecule has 2 aromatic rings. The number of nitrogens with zero attached hydrogens (tertiary/aromatic N) is 4. The summed E-state index contributed by atoms with van der Waals surface area (Å²) in [5, 5.41) is 17.6. The predicted octanol–water partition coefficient (Wildman–Crippen LogP) is 6.21. The Balaban J connectivity index is 1.71. The Labute approximate surface area is 389 Å². The number of ether oxygens (including phenoxy) is 3. The summed E-state index contributed by atoms with van der Waals surface area (Å²) in [5.74, 6) is -2.14. The van der Waals surface area contributed by atoms with E-state index in [9.17, 15) is 29.1 Å². The van der Waals surface area contributed by atoms with Gasteiger partial charge in [-0.05, 0) is 66.0 Å². The van der Waals surface area contributed by atoms with Crippen LogP contribution in [0.25, 0.3) is 0 Å². The zero-order chi connectivity index (χ0) is 47.7. The lowest BCUT2D eigenvalue weighted by Crippen LogP contribution is -2.60. The average Bonchev–Trinajstić information content (AvgIpc) is 3.77. The molecule has 64 heavy (non-hydrogen) atoms. The van der Waals surface area contributed by atoms with E-state index in [0.717, 1.165) is 11.4 Å². The third-order valence-corrected chi connectivity index (χ3v) is 14.5. The van der Waals surface area contributed by atoms with Gasteiger partial charge in [0, 0.05) is 46.8 Å². The highest BCUT2D eigenvalue weighted by molar-refractivity contribution is 8.76. The Bertz CT molecular complexity index is 1760. The number of likely N-dealkylation sites (tertiary alicyclic amines) is 1. The van der Waals surface area contributed by atoms with Crippen LogP contribution in [-0.2, 0) is 33.4 Å². The molecule has 1 fully saturated rings. The molecule has 1 aromatic heterocycles. The zero-order valence-corrected chi connectivity index (χ0v) is 41.5. The number of aliphatic hydroxyl groups is 1. The van der Waals surface area contributed by atoms with E-state index in [0.29, 0.717) is 30.7 Å². The number of pyridine rings is 1. The Kier molecular flexibility index (Phi) is 22.9. The SMILES string of the molecule is CC[C@H](C)[C@@H]([C@@H](CC(=O)N1CCC[C@H]1[C@H](OC)[C@@H](C)C(=O)N[C@H](C)[C@@H](O)c1ccccc1)OC)N(C)C(=O)[C@@H](NC(=O)[C@H](C(C)C)N(C)C(=O)OCCSSc1ccccn1)C(C)C. The van der Waals surface area contributed by atoms with Crippen molar-refractivity contribution in [1.82, 2.24) is 30.3 Å². The van der Waals surface area contributed by atoms with Crippen LogP contribution in [0.4, 0.5) is 4.79 Å².